The van der Waals surface area contributed by atoms with Gasteiger partial charge in [0.1, 0.15) is 0 Å². The van der Waals surface area contributed by atoms with E-state index in [9.17, 15) is 13.2 Å². The van der Waals surface area contributed by atoms with Gasteiger partial charge in [-0.25, -0.2) is 0 Å². The van der Waals surface area contributed by atoms with Crippen molar-refractivity contribution in [2.75, 3.05) is 38.2 Å². The first-order valence-electron chi connectivity index (χ1n) is 8.98. The van der Waals surface area contributed by atoms with Gasteiger partial charge in [0, 0.05) is 19.1 Å². The molecule has 0 aromatic heterocycles. The number of nitrogens with one attached hydrogen (secondary N) is 1. The summed E-state index contributed by atoms with van der Waals surface area (Å²) < 4.78 is 46.9. The number of hydrogen-bond acceptors (Lipinski definition) is 4. The van der Waals surface area contributed by atoms with Crippen molar-refractivity contribution in [2.24, 2.45) is 16.6 Å². The smallest absolute Gasteiger partial charge is 0.404 e. The number of anilines is 1. The maximum absolute atomic E-state index is 12.5. The third kappa shape index (κ3) is 7.64. The molecule has 1 aromatic rings. The number of ether oxygens (including phenoxy) is 2. The molecule has 0 aliphatic carbocycles. The van der Waals surface area contributed by atoms with Crippen LogP contribution in [0.2, 0.25) is 0 Å². The van der Waals surface area contributed by atoms with Crippen LogP contribution >= 0.6 is 0 Å². The Kier molecular flexibility index (Phi) is 7.73. The summed E-state index contributed by atoms with van der Waals surface area (Å²) in [7, 11) is 0. The van der Waals surface area contributed by atoms with Crippen molar-refractivity contribution in [2.45, 2.75) is 32.7 Å². The molecule has 1 heterocycles. The van der Waals surface area contributed by atoms with E-state index in [1.165, 1.54) is 18.2 Å². The number of para-hydroxylation sites is 2. The molecule has 0 spiro atoms. The molecule has 1 aliphatic heterocycles. The third-order valence-electron chi connectivity index (χ3n) is 4.15. The molecular formula is C18H27F3N4O2. The van der Waals surface area contributed by atoms with Crippen LogP contribution in [-0.4, -0.2) is 56.1 Å². The Labute approximate surface area is 157 Å². The average Bonchev–Trinajstić information content (AvgIpc) is 2.59. The van der Waals surface area contributed by atoms with E-state index < -0.39 is 6.36 Å². The van der Waals surface area contributed by atoms with Gasteiger partial charge in [0.2, 0.25) is 0 Å². The van der Waals surface area contributed by atoms with Gasteiger partial charge in [-0.05, 0) is 24.5 Å². The molecule has 3 N–H and O–H groups in total. The number of alkyl halides is 3. The molecular weight excluding hydrogens is 361 g/mol. The lowest BCUT2D eigenvalue weighted by molar-refractivity contribution is -0.274. The molecule has 152 valence electrons. The molecule has 0 radical (unpaired) electrons. The zero-order valence-corrected chi connectivity index (χ0v) is 15.6. The van der Waals surface area contributed by atoms with Crippen LogP contribution in [0.25, 0.3) is 0 Å². The van der Waals surface area contributed by atoms with Crippen molar-refractivity contribution in [3.63, 3.8) is 0 Å². The Morgan fingerprint density at radius 2 is 1.96 bits per heavy atom. The van der Waals surface area contributed by atoms with E-state index in [0.29, 0.717) is 25.7 Å². The Balaban J connectivity index is 2.03. The number of morpholine rings is 1. The SMILES string of the molecule is CC(C)CC(CN=C(N)Nc1ccccc1OC(F)(F)F)N1CCOCC1. The number of rotatable bonds is 7. The van der Waals surface area contributed by atoms with Crippen LogP contribution in [0.1, 0.15) is 20.3 Å². The third-order valence-corrected chi connectivity index (χ3v) is 4.15. The van der Waals surface area contributed by atoms with E-state index >= 15 is 0 Å². The fourth-order valence-electron chi connectivity index (χ4n) is 2.99. The molecule has 2 rings (SSSR count). The molecule has 1 unspecified atom stereocenters. The van der Waals surface area contributed by atoms with Crippen molar-refractivity contribution in [1.29, 1.82) is 0 Å². The first-order chi connectivity index (χ1) is 12.7. The summed E-state index contributed by atoms with van der Waals surface area (Å²) >= 11 is 0. The fourth-order valence-corrected chi connectivity index (χ4v) is 2.99. The first-order valence-corrected chi connectivity index (χ1v) is 8.98. The van der Waals surface area contributed by atoms with Crippen molar-refractivity contribution in [3.8, 4) is 5.75 Å². The number of aliphatic imine (C=N–C) groups is 1. The molecule has 1 fully saturated rings. The number of nitrogens with zero attached hydrogens (tertiary/aromatic N) is 2. The lowest BCUT2D eigenvalue weighted by Gasteiger charge is -2.34. The second-order valence-electron chi connectivity index (χ2n) is 6.83. The minimum absolute atomic E-state index is 0.0511. The van der Waals surface area contributed by atoms with Crippen LogP contribution in [0.4, 0.5) is 18.9 Å². The van der Waals surface area contributed by atoms with Gasteiger partial charge in [-0.2, -0.15) is 0 Å². The van der Waals surface area contributed by atoms with Crippen LogP contribution in [0.5, 0.6) is 5.75 Å². The van der Waals surface area contributed by atoms with E-state index in [1.54, 1.807) is 6.07 Å². The highest BCUT2D eigenvalue weighted by atomic mass is 19.4. The molecule has 0 saturated carbocycles. The number of benzene rings is 1. The Bertz CT molecular complexity index is 617. The highest BCUT2D eigenvalue weighted by Gasteiger charge is 2.32. The van der Waals surface area contributed by atoms with Gasteiger partial charge in [-0.1, -0.05) is 26.0 Å². The van der Waals surface area contributed by atoms with Crippen LogP contribution in [0, 0.1) is 5.92 Å². The molecule has 0 amide bonds. The van der Waals surface area contributed by atoms with Crippen LogP contribution in [0.3, 0.4) is 0 Å². The molecule has 6 nitrogen and oxygen atoms in total. The second-order valence-corrected chi connectivity index (χ2v) is 6.83. The lowest BCUT2D eigenvalue weighted by atomic mass is 10.0. The summed E-state index contributed by atoms with van der Waals surface area (Å²) in [5.41, 5.74) is 6.02. The zero-order valence-electron chi connectivity index (χ0n) is 15.6. The number of nitrogens with two attached hydrogens (primary N) is 1. The summed E-state index contributed by atoms with van der Waals surface area (Å²) in [6, 6.07) is 5.93. The number of hydrogen-bond donors (Lipinski definition) is 2. The van der Waals surface area contributed by atoms with E-state index in [4.69, 9.17) is 10.5 Å². The summed E-state index contributed by atoms with van der Waals surface area (Å²) in [4.78, 5) is 6.67. The molecule has 1 atom stereocenters. The van der Waals surface area contributed by atoms with E-state index in [1.807, 2.05) is 0 Å². The predicted octanol–water partition coefficient (Wildman–Crippen LogP) is 3.06. The molecule has 9 heteroatoms. The van der Waals surface area contributed by atoms with E-state index in [-0.39, 0.29) is 23.4 Å². The van der Waals surface area contributed by atoms with Gasteiger partial charge in [-0.15, -0.1) is 13.2 Å². The zero-order chi connectivity index (χ0) is 19.9. The molecule has 0 bridgehead atoms. The van der Waals surface area contributed by atoms with Gasteiger partial charge < -0.3 is 20.5 Å². The standard InChI is InChI=1S/C18H27F3N4O2/c1-13(2)11-14(25-7-9-26-10-8-25)12-23-17(22)24-15-5-3-4-6-16(15)27-18(19,20)21/h3-6,13-14H,7-12H2,1-2H3,(H3,22,23,24). The van der Waals surface area contributed by atoms with Crippen molar-refractivity contribution in [1.82, 2.24) is 4.90 Å². The van der Waals surface area contributed by atoms with Gasteiger partial charge >= 0.3 is 6.36 Å². The fraction of sp³-hybridized carbons (Fsp3) is 0.611. The van der Waals surface area contributed by atoms with Crippen molar-refractivity contribution < 1.29 is 22.6 Å². The average molecular weight is 388 g/mol. The van der Waals surface area contributed by atoms with Gasteiger partial charge in [-0.3, -0.25) is 9.89 Å². The highest BCUT2D eigenvalue weighted by molar-refractivity contribution is 5.93. The van der Waals surface area contributed by atoms with Gasteiger partial charge in [0.05, 0.1) is 25.4 Å². The van der Waals surface area contributed by atoms with Crippen LogP contribution < -0.4 is 15.8 Å². The minimum atomic E-state index is -4.78. The van der Waals surface area contributed by atoms with Gasteiger partial charge in [0.25, 0.3) is 0 Å². The predicted molar refractivity (Wildman–Crippen MR) is 98.9 cm³/mol. The van der Waals surface area contributed by atoms with Crippen LogP contribution in [-0.2, 0) is 4.74 Å². The molecule has 1 aliphatic rings. The molecule has 1 saturated heterocycles. The summed E-state index contributed by atoms with van der Waals surface area (Å²) in [5.74, 6) is 0.188. The minimum Gasteiger partial charge on any atom is -0.404 e. The van der Waals surface area contributed by atoms with E-state index in [2.05, 4.69) is 33.8 Å². The van der Waals surface area contributed by atoms with Crippen LogP contribution in [0.15, 0.2) is 29.3 Å². The molecule has 27 heavy (non-hydrogen) atoms. The first kappa shape index (κ1) is 21.3. The maximum atomic E-state index is 12.5. The van der Waals surface area contributed by atoms with Crippen molar-refractivity contribution >= 4 is 11.6 Å². The maximum Gasteiger partial charge on any atom is 0.573 e. The second kappa shape index (κ2) is 9.80. The number of guanidine groups is 1. The summed E-state index contributed by atoms with van der Waals surface area (Å²) in [6.07, 6.45) is -3.83. The molecule has 1 aromatic carbocycles. The van der Waals surface area contributed by atoms with Gasteiger partial charge in [0.15, 0.2) is 11.7 Å². The summed E-state index contributed by atoms with van der Waals surface area (Å²) in [6.45, 7) is 7.79. The Morgan fingerprint density at radius 1 is 1.30 bits per heavy atom. The summed E-state index contributed by atoms with van der Waals surface area (Å²) in [5, 5.41) is 2.70. The normalized spacial score (nSPS) is 17.8. The quantitative estimate of drug-likeness (QED) is 0.555. The Morgan fingerprint density at radius 3 is 2.59 bits per heavy atom. The monoisotopic (exact) mass is 388 g/mol. The van der Waals surface area contributed by atoms with Crippen molar-refractivity contribution in [3.05, 3.63) is 24.3 Å². The van der Waals surface area contributed by atoms with E-state index in [0.717, 1.165) is 19.5 Å². The largest absolute Gasteiger partial charge is 0.573 e. The lowest BCUT2D eigenvalue weighted by Crippen LogP contribution is -2.46. The topological polar surface area (TPSA) is 72.1 Å². The number of halogens is 3. The Hall–Kier alpha value is -2.00. The highest BCUT2D eigenvalue weighted by Crippen LogP contribution is 2.29.